The SMILES string of the molecule is C[Si](C)(C)C#Cc1ccc(C#Cc2ccc(C#C[C]3[CH][CH][CH][CH]3)cc2)cc1. The Morgan fingerprint density at radius 1 is 0.519 bits per heavy atom. The molecule has 0 N–H and O–H groups in total. The average molecular weight is 362 g/mol. The van der Waals surface area contributed by atoms with Gasteiger partial charge in [-0.1, -0.05) is 49.2 Å². The van der Waals surface area contributed by atoms with E-state index in [-0.39, 0.29) is 0 Å². The third-order valence-corrected chi connectivity index (χ3v) is 4.59. The van der Waals surface area contributed by atoms with Gasteiger partial charge < -0.3 is 0 Å². The number of rotatable bonds is 0. The molecule has 1 saturated carbocycles. The van der Waals surface area contributed by atoms with Gasteiger partial charge in [-0.3, -0.25) is 0 Å². The molecule has 1 heteroatoms. The van der Waals surface area contributed by atoms with Gasteiger partial charge in [0.2, 0.25) is 0 Å². The van der Waals surface area contributed by atoms with Crippen molar-refractivity contribution in [1.29, 1.82) is 0 Å². The molecule has 0 aromatic heterocycles. The second-order valence-electron chi connectivity index (χ2n) is 7.33. The maximum atomic E-state index is 3.38. The van der Waals surface area contributed by atoms with Gasteiger partial charge in [-0.2, -0.15) is 0 Å². The summed E-state index contributed by atoms with van der Waals surface area (Å²) in [5, 5.41) is 0. The Morgan fingerprint density at radius 3 is 1.30 bits per heavy atom. The summed E-state index contributed by atoms with van der Waals surface area (Å²) in [7, 11) is -1.34. The predicted octanol–water partition coefficient (Wildman–Crippen LogP) is 5.07. The minimum atomic E-state index is -1.34. The Bertz CT molecular complexity index is 947. The molecular weight excluding hydrogens is 340 g/mol. The van der Waals surface area contributed by atoms with Gasteiger partial charge in [-0.05, 0) is 74.2 Å². The smallest absolute Gasteiger partial charge is 0.127 e. The van der Waals surface area contributed by atoms with Crippen LogP contribution >= 0.6 is 0 Å². The van der Waals surface area contributed by atoms with Crippen LogP contribution in [-0.4, -0.2) is 8.07 Å². The number of hydrogen-bond acceptors (Lipinski definition) is 0. The zero-order valence-electron chi connectivity index (χ0n) is 15.9. The molecule has 0 atom stereocenters. The van der Waals surface area contributed by atoms with Crippen LogP contribution in [0.2, 0.25) is 19.6 Å². The van der Waals surface area contributed by atoms with Crippen LogP contribution in [0.3, 0.4) is 0 Å². The average Bonchev–Trinajstić information content (AvgIpc) is 3.18. The molecule has 2 aromatic rings. The molecule has 1 aliphatic rings. The van der Waals surface area contributed by atoms with Gasteiger partial charge >= 0.3 is 0 Å². The van der Waals surface area contributed by atoms with Crippen LogP contribution < -0.4 is 0 Å². The quantitative estimate of drug-likeness (QED) is 0.454. The van der Waals surface area contributed by atoms with Gasteiger partial charge in [0.25, 0.3) is 0 Å². The van der Waals surface area contributed by atoms with E-state index >= 15 is 0 Å². The lowest BCUT2D eigenvalue weighted by molar-refractivity contribution is 1.43. The van der Waals surface area contributed by atoms with Crippen LogP contribution in [0.1, 0.15) is 22.3 Å². The van der Waals surface area contributed by atoms with Crippen molar-refractivity contribution in [1.82, 2.24) is 0 Å². The monoisotopic (exact) mass is 361 g/mol. The molecule has 0 heterocycles. The molecule has 0 unspecified atom stereocenters. The molecule has 1 aliphatic carbocycles. The van der Waals surface area contributed by atoms with E-state index in [1.807, 2.05) is 74.2 Å². The Morgan fingerprint density at radius 2 is 0.889 bits per heavy atom. The largest absolute Gasteiger partial charge is 0.129 e. The second-order valence-corrected chi connectivity index (χ2v) is 12.1. The summed E-state index contributed by atoms with van der Waals surface area (Å²) in [6.45, 7) is 6.75. The number of hydrogen-bond donors (Lipinski definition) is 0. The van der Waals surface area contributed by atoms with E-state index in [9.17, 15) is 0 Å². The Labute approximate surface area is 165 Å². The standard InChI is InChI=1S/C26H21Si/c1-27(2,3)21-20-26-18-16-25(17-19-26)15-14-24-12-10-23(11-13-24)9-8-22-6-4-5-7-22/h4-7,10-13,16-19H,1-3H3. The lowest BCUT2D eigenvalue weighted by Gasteiger charge is -2.03. The maximum absolute atomic E-state index is 3.38. The van der Waals surface area contributed by atoms with Crippen LogP contribution in [0, 0.1) is 66.7 Å². The van der Waals surface area contributed by atoms with Crippen molar-refractivity contribution in [2.24, 2.45) is 0 Å². The van der Waals surface area contributed by atoms with Crippen molar-refractivity contribution < 1.29 is 0 Å². The molecule has 0 saturated heterocycles. The van der Waals surface area contributed by atoms with Gasteiger partial charge in [0.05, 0.1) is 5.92 Å². The third kappa shape index (κ3) is 6.53. The number of benzene rings is 2. The van der Waals surface area contributed by atoms with Crippen LogP contribution in [0.5, 0.6) is 0 Å². The normalized spacial score (nSPS) is 13.6. The summed E-state index contributed by atoms with van der Waals surface area (Å²) in [5.41, 5.74) is 7.40. The molecule has 129 valence electrons. The molecule has 0 nitrogen and oxygen atoms in total. The zero-order valence-corrected chi connectivity index (χ0v) is 16.9. The summed E-state index contributed by atoms with van der Waals surface area (Å²) in [5.74, 6) is 17.0. The summed E-state index contributed by atoms with van der Waals surface area (Å²) in [6.07, 6.45) is 8.01. The Kier molecular flexibility index (Phi) is 6.24. The summed E-state index contributed by atoms with van der Waals surface area (Å²) in [6, 6.07) is 16.2. The van der Waals surface area contributed by atoms with Gasteiger partial charge in [0.15, 0.2) is 0 Å². The fourth-order valence-corrected chi connectivity index (χ4v) is 2.80. The Hall–Kier alpha value is -2.66. The van der Waals surface area contributed by atoms with Crippen molar-refractivity contribution in [2.45, 2.75) is 19.6 Å². The van der Waals surface area contributed by atoms with Crippen molar-refractivity contribution in [3.05, 3.63) is 102 Å². The first-order valence-electron chi connectivity index (χ1n) is 8.97. The van der Waals surface area contributed by atoms with Gasteiger partial charge in [0.1, 0.15) is 8.07 Å². The van der Waals surface area contributed by atoms with Crippen molar-refractivity contribution in [2.75, 3.05) is 0 Å². The molecule has 0 aliphatic heterocycles. The highest BCUT2D eigenvalue weighted by atomic mass is 28.3. The first-order valence-corrected chi connectivity index (χ1v) is 12.5. The third-order valence-electron chi connectivity index (χ3n) is 3.72. The summed E-state index contributed by atoms with van der Waals surface area (Å²) >= 11 is 0. The molecule has 3 rings (SSSR count). The van der Waals surface area contributed by atoms with Crippen LogP contribution in [-0.2, 0) is 0 Å². The highest BCUT2D eigenvalue weighted by Gasteiger charge is 2.13. The van der Waals surface area contributed by atoms with E-state index in [0.29, 0.717) is 0 Å². The van der Waals surface area contributed by atoms with E-state index in [1.165, 1.54) is 0 Å². The van der Waals surface area contributed by atoms with Gasteiger partial charge in [-0.25, -0.2) is 0 Å². The fraction of sp³-hybridized carbons (Fsp3) is 0.115. The van der Waals surface area contributed by atoms with Gasteiger partial charge in [0, 0.05) is 22.3 Å². The second kappa shape index (κ2) is 8.82. The first kappa shape index (κ1) is 19.1. The van der Waals surface area contributed by atoms with Crippen molar-refractivity contribution in [3.63, 3.8) is 0 Å². The highest BCUT2D eigenvalue weighted by Crippen LogP contribution is 2.21. The topological polar surface area (TPSA) is 0 Å². The van der Waals surface area contributed by atoms with Gasteiger partial charge in [-0.15, -0.1) is 5.54 Å². The fourth-order valence-electron chi connectivity index (χ4n) is 2.28. The molecule has 0 bridgehead atoms. The zero-order chi connectivity index (χ0) is 19.1. The molecule has 0 amide bonds. The summed E-state index contributed by atoms with van der Waals surface area (Å²) in [4.78, 5) is 0. The van der Waals surface area contributed by atoms with Crippen LogP contribution in [0.25, 0.3) is 0 Å². The minimum Gasteiger partial charge on any atom is -0.127 e. The predicted molar refractivity (Wildman–Crippen MR) is 116 cm³/mol. The van der Waals surface area contributed by atoms with E-state index < -0.39 is 8.07 Å². The molecule has 27 heavy (non-hydrogen) atoms. The summed E-state index contributed by atoms with van der Waals surface area (Å²) < 4.78 is 0. The molecule has 1 fully saturated rings. The van der Waals surface area contributed by atoms with Crippen LogP contribution in [0.15, 0.2) is 48.5 Å². The lowest BCUT2D eigenvalue weighted by Crippen LogP contribution is -2.16. The maximum Gasteiger partial charge on any atom is 0.129 e. The van der Waals surface area contributed by atoms with Crippen molar-refractivity contribution in [3.8, 4) is 35.1 Å². The first-order chi connectivity index (χ1) is 13.0. The Balaban J connectivity index is 1.64. The molecule has 5 radical (unpaired) electrons. The highest BCUT2D eigenvalue weighted by molar-refractivity contribution is 6.83. The van der Waals surface area contributed by atoms with E-state index in [4.69, 9.17) is 0 Å². The minimum absolute atomic E-state index is 0.983. The lowest BCUT2D eigenvalue weighted by atomic mass is 10.1. The van der Waals surface area contributed by atoms with E-state index in [0.717, 1.165) is 28.2 Å². The molecular formula is C26H21Si. The van der Waals surface area contributed by atoms with Crippen molar-refractivity contribution >= 4 is 8.07 Å². The van der Waals surface area contributed by atoms with E-state index in [2.05, 4.69) is 54.8 Å². The molecule has 0 spiro atoms. The molecule has 2 aromatic carbocycles. The van der Waals surface area contributed by atoms with Crippen LogP contribution in [0.4, 0.5) is 0 Å². The van der Waals surface area contributed by atoms with E-state index in [1.54, 1.807) is 0 Å².